The molecule has 2 aromatic rings. The van der Waals surface area contributed by atoms with Crippen molar-refractivity contribution in [1.82, 2.24) is 0 Å². The fourth-order valence-corrected chi connectivity index (χ4v) is 4.14. The van der Waals surface area contributed by atoms with Crippen molar-refractivity contribution in [1.29, 1.82) is 0 Å². The monoisotopic (exact) mass is 479 g/mol. The van der Waals surface area contributed by atoms with Gasteiger partial charge in [-0.3, -0.25) is 4.79 Å². The molecule has 2 fully saturated rings. The highest BCUT2D eigenvalue weighted by Crippen LogP contribution is 2.33. The molecule has 0 spiro atoms. The van der Waals surface area contributed by atoms with Crippen LogP contribution in [-0.4, -0.2) is 58.5 Å². The molecule has 2 saturated heterocycles. The van der Waals surface area contributed by atoms with E-state index in [2.05, 4.69) is 37.1 Å². The van der Waals surface area contributed by atoms with E-state index in [1.807, 2.05) is 18.2 Å². The average molecular weight is 481 g/mol. The molecule has 29 heavy (non-hydrogen) atoms. The molecule has 6 nitrogen and oxygen atoms in total. The van der Waals surface area contributed by atoms with E-state index in [9.17, 15) is 4.79 Å². The number of anilines is 3. The van der Waals surface area contributed by atoms with E-state index in [1.54, 1.807) is 12.1 Å². The second-order valence-electron chi connectivity index (χ2n) is 6.98. The Kier molecular flexibility index (Phi) is 6.60. The molecule has 0 atom stereocenters. The lowest BCUT2D eigenvalue weighted by molar-refractivity contribution is 0.102. The summed E-state index contributed by atoms with van der Waals surface area (Å²) in [6, 6.07) is 11.4. The van der Waals surface area contributed by atoms with E-state index in [0.29, 0.717) is 23.8 Å². The number of halogens is 2. The molecule has 2 aliphatic rings. The van der Waals surface area contributed by atoms with E-state index >= 15 is 0 Å². The summed E-state index contributed by atoms with van der Waals surface area (Å²) in [5, 5.41) is 3.47. The summed E-state index contributed by atoms with van der Waals surface area (Å²) in [5.41, 5.74) is 3.33. The number of morpholine rings is 2. The summed E-state index contributed by atoms with van der Waals surface area (Å²) in [6.07, 6.45) is 0. The number of hydrogen-bond donors (Lipinski definition) is 1. The van der Waals surface area contributed by atoms with Crippen LogP contribution in [0.5, 0.6) is 0 Å². The maximum atomic E-state index is 12.9. The van der Waals surface area contributed by atoms with Gasteiger partial charge in [-0.15, -0.1) is 0 Å². The minimum atomic E-state index is -0.232. The lowest BCUT2D eigenvalue weighted by Gasteiger charge is -2.33. The van der Waals surface area contributed by atoms with Gasteiger partial charge in [-0.05, 0) is 36.4 Å². The Morgan fingerprint density at radius 1 is 0.931 bits per heavy atom. The maximum Gasteiger partial charge on any atom is 0.257 e. The van der Waals surface area contributed by atoms with Gasteiger partial charge in [0.2, 0.25) is 0 Å². The van der Waals surface area contributed by atoms with Crippen LogP contribution in [0, 0.1) is 0 Å². The molecular weight excluding hydrogens is 458 g/mol. The molecule has 154 valence electrons. The maximum absolute atomic E-state index is 12.9. The fraction of sp³-hybridized carbons (Fsp3) is 0.381. The van der Waals surface area contributed by atoms with E-state index in [0.717, 1.165) is 60.9 Å². The normalized spacial score (nSPS) is 17.3. The third-order valence-electron chi connectivity index (χ3n) is 5.13. The van der Waals surface area contributed by atoms with Crippen molar-refractivity contribution in [3.8, 4) is 0 Å². The van der Waals surface area contributed by atoms with Gasteiger partial charge in [-0.2, -0.15) is 0 Å². The van der Waals surface area contributed by atoms with Gasteiger partial charge in [0.1, 0.15) is 0 Å². The second-order valence-corrected chi connectivity index (χ2v) is 8.30. The number of nitrogens with zero attached hydrogens (tertiary/aromatic N) is 2. The van der Waals surface area contributed by atoms with E-state index in [-0.39, 0.29) is 5.91 Å². The number of ether oxygens (including phenoxy) is 2. The molecule has 4 rings (SSSR count). The molecule has 1 N–H and O–H groups in total. The summed E-state index contributed by atoms with van der Waals surface area (Å²) < 4.78 is 11.8. The van der Waals surface area contributed by atoms with E-state index < -0.39 is 0 Å². The molecule has 8 heteroatoms. The Labute approximate surface area is 183 Å². The standard InChI is InChI=1S/C21H23BrClN3O3/c22-15-1-3-18(23)17(13-15)21(27)24-19-4-2-16(25-5-9-28-10-6-25)14-20(19)26-7-11-29-12-8-26/h1-4,13-14H,5-12H2,(H,24,27). The average Bonchev–Trinajstić information content (AvgIpc) is 2.77. The van der Waals surface area contributed by atoms with Crippen LogP contribution >= 0.6 is 27.5 Å². The number of amides is 1. The lowest BCUT2D eigenvalue weighted by Crippen LogP contribution is -2.38. The molecule has 0 aliphatic carbocycles. The minimum absolute atomic E-state index is 0.232. The minimum Gasteiger partial charge on any atom is -0.378 e. The number of hydrogen-bond acceptors (Lipinski definition) is 5. The Balaban J connectivity index is 1.64. The Morgan fingerprint density at radius 2 is 1.59 bits per heavy atom. The number of benzene rings is 2. The van der Waals surface area contributed by atoms with Gasteiger partial charge >= 0.3 is 0 Å². The summed E-state index contributed by atoms with van der Waals surface area (Å²) in [5.74, 6) is -0.232. The lowest BCUT2D eigenvalue weighted by atomic mass is 10.1. The van der Waals surface area contributed by atoms with Gasteiger partial charge in [0, 0.05) is 36.3 Å². The molecule has 0 bridgehead atoms. The predicted molar refractivity (Wildman–Crippen MR) is 120 cm³/mol. The largest absolute Gasteiger partial charge is 0.378 e. The number of nitrogens with one attached hydrogen (secondary N) is 1. The zero-order valence-electron chi connectivity index (χ0n) is 16.0. The first-order valence-corrected chi connectivity index (χ1v) is 10.8. The second kappa shape index (κ2) is 9.34. The van der Waals surface area contributed by atoms with Crippen LogP contribution in [0.4, 0.5) is 17.1 Å². The Morgan fingerprint density at radius 3 is 2.28 bits per heavy atom. The zero-order valence-corrected chi connectivity index (χ0v) is 18.3. The van der Waals surface area contributed by atoms with Gasteiger partial charge in [-0.25, -0.2) is 0 Å². The van der Waals surface area contributed by atoms with Crippen LogP contribution in [0.15, 0.2) is 40.9 Å². The van der Waals surface area contributed by atoms with E-state index in [4.69, 9.17) is 21.1 Å². The Bertz CT molecular complexity index is 883. The molecule has 2 aromatic carbocycles. The van der Waals surface area contributed by atoms with Crippen LogP contribution in [-0.2, 0) is 9.47 Å². The first-order valence-electron chi connectivity index (χ1n) is 9.67. The van der Waals surface area contributed by atoms with Gasteiger partial charge in [0.15, 0.2) is 0 Å². The van der Waals surface area contributed by atoms with Crippen LogP contribution in [0.25, 0.3) is 0 Å². The zero-order chi connectivity index (χ0) is 20.2. The van der Waals surface area contributed by atoms with Crippen LogP contribution in [0.1, 0.15) is 10.4 Å². The van der Waals surface area contributed by atoms with Crippen molar-refractivity contribution in [3.63, 3.8) is 0 Å². The smallest absolute Gasteiger partial charge is 0.257 e. The third kappa shape index (κ3) is 4.86. The Hall–Kier alpha value is -1.80. The SMILES string of the molecule is O=C(Nc1ccc(N2CCOCC2)cc1N1CCOCC1)c1cc(Br)ccc1Cl. The molecule has 0 aromatic heterocycles. The first-order chi connectivity index (χ1) is 14.1. The topological polar surface area (TPSA) is 54.0 Å². The summed E-state index contributed by atoms with van der Waals surface area (Å²) in [4.78, 5) is 17.5. The molecule has 0 saturated carbocycles. The summed E-state index contributed by atoms with van der Waals surface area (Å²) >= 11 is 9.65. The number of rotatable bonds is 4. The predicted octanol–water partition coefficient (Wildman–Crippen LogP) is 4.03. The summed E-state index contributed by atoms with van der Waals surface area (Å²) in [6.45, 7) is 6.10. The van der Waals surface area contributed by atoms with Gasteiger partial charge < -0.3 is 24.6 Å². The molecule has 0 unspecified atom stereocenters. The molecule has 0 radical (unpaired) electrons. The van der Waals surface area contributed by atoms with Crippen LogP contribution < -0.4 is 15.1 Å². The fourth-order valence-electron chi connectivity index (χ4n) is 3.57. The van der Waals surface area contributed by atoms with Crippen molar-refractivity contribution in [3.05, 3.63) is 51.5 Å². The highest BCUT2D eigenvalue weighted by molar-refractivity contribution is 9.10. The van der Waals surface area contributed by atoms with Crippen molar-refractivity contribution in [2.24, 2.45) is 0 Å². The highest BCUT2D eigenvalue weighted by Gasteiger charge is 2.20. The van der Waals surface area contributed by atoms with Gasteiger partial charge in [-0.1, -0.05) is 27.5 Å². The number of carbonyl (C=O) groups excluding carboxylic acids is 1. The quantitative estimate of drug-likeness (QED) is 0.716. The van der Waals surface area contributed by atoms with Crippen molar-refractivity contribution in [2.45, 2.75) is 0 Å². The third-order valence-corrected chi connectivity index (χ3v) is 5.95. The van der Waals surface area contributed by atoms with Gasteiger partial charge in [0.05, 0.1) is 48.4 Å². The molecule has 2 heterocycles. The van der Waals surface area contributed by atoms with Crippen molar-refractivity contribution < 1.29 is 14.3 Å². The number of carbonyl (C=O) groups is 1. The van der Waals surface area contributed by atoms with E-state index in [1.165, 1.54) is 0 Å². The first kappa shape index (κ1) is 20.5. The van der Waals surface area contributed by atoms with Gasteiger partial charge in [0.25, 0.3) is 5.91 Å². The molecule has 2 aliphatic heterocycles. The molecule has 1 amide bonds. The highest BCUT2D eigenvalue weighted by atomic mass is 79.9. The molecular formula is C21H23BrClN3O3. The van der Waals surface area contributed by atoms with Crippen molar-refractivity contribution >= 4 is 50.5 Å². The van der Waals surface area contributed by atoms with Crippen molar-refractivity contribution in [2.75, 3.05) is 67.7 Å². The summed E-state index contributed by atoms with van der Waals surface area (Å²) in [7, 11) is 0. The van der Waals surface area contributed by atoms with Crippen LogP contribution in [0.3, 0.4) is 0 Å². The van der Waals surface area contributed by atoms with Crippen LogP contribution in [0.2, 0.25) is 5.02 Å².